The minimum Gasteiger partial charge on any atom is -0.465 e. The van der Waals surface area contributed by atoms with Crippen molar-refractivity contribution in [3.05, 3.63) is 82.9 Å². The lowest BCUT2D eigenvalue weighted by Gasteiger charge is -2.37. The highest BCUT2D eigenvalue weighted by Crippen LogP contribution is 2.44. The van der Waals surface area contributed by atoms with Crippen molar-refractivity contribution in [1.29, 1.82) is 0 Å². The van der Waals surface area contributed by atoms with Crippen LogP contribution in [0.15, 0.2) is 54.7 Å². The molecule has 1 aromatic carbocycles. The smallest absolute Gasteiger partial charge is 0.339 e. The number of benzene rings is 1. The minimum absolute atomic E-state index is 0.0192. The van der Waals surface area contributed by atoms with Crippen LogP contribution in [-0.4, -0.2) is 38.7 Å². The van der Waals surface area contributed by atoms with Gasteiger partial charge >= 0.3 is 5.97 Å². The molecule has 0 bridgehead atoms. The molecular weight excluding hydrogens is 456 g/mol. The summed E-state index contributed by atoms with van der Waals surface area (Å²) >= 11 is 5.94. The zero-order valence-electron chi connectivity index (χ0n) is 20.5. The van der Waals surface area contributed by atoms with Crippen LogP contribution in [0.5, 0.6) is 0 Å². The summed E-state index contributed by atoms with van der Waals surface area (Å²) in [5.74, 6) is -0.339. The van der Waals surface area contributed by atoms with Crippen molar-refractivity contribution in [3.63, 3.8) is 0 Å². The number of hydrogen-bond acceptors (Lipinski definition) is 4. The Bertz CT molecular complexity index is 1230. The Hall–Kier alpha value is -3.19. The molecule has 1 N–H and O–H groups in total. The minimum atomic E-state index is -0.339. The topological polar surface area (TPSA) is 59.4 Å². The Kier molecular flexibility index (Phi) is 6.60. The first-order chi connectivity index (χ1) is 17.0. The van der Waals surface area contributed by atoms with E-state index in [0.29, 0.717) is 11.6 Å². The van der Waals surface area contributed by atoms with Gasteiger partial charge in [-0.2, -0.15) is 0 Å². The number of para-hydroxylation sites is 1. The summed E-state index contributed by atoms with van der Waals surface area (Å²) in [5.41, 5.74) is 5.72. The normalized spacial score (nSPS) is 20.7. The number of nitrogens with zero attached hydrogens (tertiary/aromatic N) is 3. The Balaban J connectivity index is 1.65. The first-order valence-electron chi connectivity index (χ1n) is 12.4. The molecule has 2 aliphatic rings. The molecule has 7 heteroatoms. The molecule has 2 fully saturated rings. The molecule has 0 spiro atoms. The third-order valence-corrected chi connectivity index (χ3v) is 7.77. The van der Waals surface area contributed by atoms with E-state index in [-0.39, 0.29) is 18.1 Å². The number of esters is 1. The molecule has 0 radical (unpaired) electrons. The van der Waals surface area contributed by atoms with Gasteiger partial charge in [-0.3, -0.25) is 4.98 Å². The van der Waals surface area contributed by atoms with Crippen molar-refractivity contribution >= 4 is 23.3 Å². The van der Waals surface area contributed by atoms with Gasteiger partial charge in [-0.25, -0.2) is 4.79 Å². The Labute approximate surface area is 212 Å². The maximum absolute atomic E-state index is 12.6. The number of methoxy groups -OCH3 is 1. The zero-order valence-corrected chi connectivity index (χ0v) is 21.3. The summed E-state index contributed by atoms with van der Waals surface area (Å²) in [4.78, 5) is 19.7. The van der Waals surface area contributed by atoms with E-state index in [2.05, 4.69) is 40.8 Å². The third-order valence-electron chi connectivity index (χ3n) is 7.44. The zero-order chi connectivity index (χ0) is 24.5. The molecular formula is C28H32N4O2S. The van der Waals surface area contributed by atoms with Crippen molar-refractivity contribution in [3.8, 4) is 5.69 Å². The summed E-state index contributed by atoms with van der Waals surface area (Å²) in [6, 6.07) is 16.3. The van der Waals surface area contributed by atoms with Gasteiger partial charge in [-0.15, -0.1) is 0 Å². The number of ether oxygens (including phenoxy) is 1. The van der Waals surface area contributed by atoms with Crippen LogP contribution < -0.4 is 5.32 Å². The van der Waals surface area contributed by atoms with E-state index >= 15 is 0 Å². The van der Waals surface area contributed by atoms with Gasteiger partial charge in [0.25, 0.3) is 0 Å². The molecule has 5 rings (SSSR count). The third kappa shape index (κ3) is 4.22. The van der Waals surface area contributed by atoms with Crippen molar-refractivity contribution in [2.24, 2.45) is 0 Å². The second-order valence-electron chi connectivity index (χ2n) is 9.50. The largest absolute Gasteiger partial charge is 0.465 e. The predicted octanol–water partition coefficient (Wildman–Crippen LogP) is 5.58. The second kappa shape index (κ2) is 9.82. The molecule has 0 amide bonds. The van der Waals surface area contributed by atoms with Crippen LogP contribution >= 0.6 is 12.2 Å². The van der Waals surface area contributed by atoms with E-state index in [1.165, 1.54) is 31.9 Å². The highest BCUT2D eigenvalue weighted by Gasteiger charge is 2.44. The number of pyridine rings is 1. The molecule has 3 heterocycles. The van der Waals surface area contributed by atoms with E-state index in [1.54, 1.807) is 0 Å². The van der Waals surface area contributed by atoms with E-state index in [4.69, 9.17) is 21.9 Å². The van der Waals surface area contributed by atoms with E-state index in [1.807, 2.05) is 42.6 Å². The molecule has 1 aliphatic heterocycles. The Morgan fingerprint density at radius 3 is 2.54 bits per heavy atom. The van der Waals surface area contributed by atoms with Gasteiger partial charge in [-0.05, 0) is 74.8 Å². The summed E-state index contributed by atoms with van der Waals surface area (Å²) in [5, 5.41) is 4.42. The van der Waals surface area contributed by atoms with Gasteiger partial charge in [0, 0.05) is 23.6 Å². The molecule has 1 saturated heterocycles. The molecule has 2 aromatic heterocycles. The average Bonchev–Trinajstić information content (AvgIpc) is 3.39. The van der Waals surface area contributed by atoms with Gasteiger partial charge in [0.1, 0.15) is 0 Å². The van der Waals surface area contributed by atoms with Crippen LogP contribution in [0.25, 0.3) is 5.69 Å². The molecule has 0 unspecified atom stereocenters. The fourth-order valence-electron chi connectivity index (χ4n) is 5.86. The van der Waals surface area contributed by atoms with Crippen molar-refractivity contribution in [2.75, 3.05) is 7.11 Å². The van der Waals surface area contributed by atoms with Crippen LogP contribution in [-0.2, 0) is 4.74 Å². The number of hydrogen-bond donors (Lipinski definition) is 1. The van der Waals surface area contributed by atoms with Gasteiger partial charge in [0.2, 0.25) is 0 Å². The maximum atomic E-state index is 12.6. The molecule has 35 heavy (non-hydrogen) atoms. The highest BCUT2D eigenvalue weighted by molar-refractivity contribution is 7.80. The van der Waals surface area contributed by atoms with Crippen molar-refractivity contribution in [2.45, 2.75) is 64.1 Å². The lowest BCUT2D eigenvalue weighted by Crippen LogP contribution is -2.40. The highest BCUT2D eigenvalue weighted by atomic mass is 32.1. The maximum Gasteiger partial charge on any atom is 0.339 e. The van der Waals surface area contributed by atoms with Crippen molar-refractivity contribution in [1.82, 2.24) is 19.8 Å². The second-order valence-corrected chi connectivity index (χ2v) is 9.88. The van der Waals surface area contributed by atoms with Gasteiger partial charge in [0.05, 0.1) is 36.1 Å². The van der Waals surface area contributed by atoms with E-state index in [9.17, 15) is 4.79 Å². The quantitative estimate of drug-likeness (QED) is 0.374. The summed E-state index contributed by atoms with van der Waals surface area (Å²) in [7, 11) is 1.42. The molecule has 182 valence electrons. The van der Waals surface area contributed by atoms with E-state index in [0.717, 1.165) is 40.7 Å². The molecule has 3 aromatic rings. The SMILES string of the molecule is COC(=O)c1ccccc1-n1c(C)cc([C@H]2[C@H](c3ccccn3)NC(=S)N2C2CCCCC2)c1C. The lowest BCUT2D eigenvalue weighted by molar-refractivity contribution is 0.0600. The summed E-state index contributed by atoms with van der Waals surface area (Å²) in [6.07, 6.45) is 7.90. The van der Waals surface area contributed by atoms with Gasteiger partial charge < -0.3 is 19.5 Å². The first kappa shape index (κ1) is 23.5. The number of thiocarbonyl (C=S) groups is 1. The van der Waals surface area contributed by atoms with E-state index < -0.39 is 0 Å². The monoisotopic (exact) mass is 488 g/mol. The summed E-state index contributed by atoms with van der Waals surface area (Å²) in [6.45, 7) is 4.22. The number of carbonyl (C=O) groups excluding carboxylic acids is 1. The predicted molar refractivity (Wildman–Crippen MR) is 141 cm³/mol. The van der Waals surface area contributed by atoms with Crippen LogP contribution in [0, 0.1) is 13.8 Å². The Morgan fingerprint density at radius 1 is 1.09 bits per heavy atom. The van der Waals surface area contributed by atoms with Crippen LogP contribution in [0.1, 0.15) is 77.2 Å². The van der Waals surface area contributed by atoms with Crippen LogP contribution in [0.3, 0.4) is 0 Å². The number of aromatic nitrogens is 2. The fourth-order valence-corrected chi connectivity index (χ4v) is 6.25. The summed E-state index contributed by atoms with van der Waals surface area (Å²) < 4.78 is 7.24. The number of carbonyl (C=O) groups is 1. The van der Waals surface area contributed by atoms with Crippen LogP contribution in [0.2, 0.25) is 0 Å². The standard InChI is InChI=1S/C28H32N4O2S/c1-18-17-22(19(2)31(18)24-15-8-7-13-21(24)27(33)34-3)26-25(23-14-9-10-16-29-23)30-28(35)32(26)20-11-5-4-6-12-20/h7-10,13-17,20,25-26H,4-6,11-12H2,1-3H3,(H,30,35)/t25-,26-/m0/s1. The molecule has 2 atom stereocenters. The lowest BCUT2D eigenvalue weighted by atomic mass is 9.90. The van der Waals surface area contributed by atoms with Gasteiger partial charge in [-0.1, -0.05) is 37.5 Å². The number of aryl methyl sites for hydroxylation is 1. The average molecular weight is 489 g/mol. The molecule has 1 aliphatic carbocycles. The van der Waals surface area contributed by atoms with Crippen LogP contribution in [0.4, 0.5) is 0 Å². The number of nitrogens with one attached hydrogen (secondary N) is 1. The van der Waals surface area contributed by atoms with Gasteiger partial charge in [0.15, 0.2) is 5.11 Å². The Morgan fingerprint density at radius 2 is 1.83 bits per heavy atom. The molecule has 6 nitrogen and oxygen atoms in total. The van der Waals surface area contributed by atoms with Crippen molar-refractivity contribution < 1.29 is 9.53 Å². The number of rotatable bonds is 5. The first-order valence-corrected chi connectivity index (χ1v) is 12.8. The molecule has 1 saturated carbocycles. The fraction of sp³-hybridized carbons (Fsp3) is 0.393.